The van der Waals surface area contributed by atoms with Crippen LogP contribution in [0.4, 0.5) is 0 Å². The molecule has 0 radical (unpaired) electrons. The SMILES string of the molecule is Brc1ccc(-n2c(-c3ccccc3-c3ccccc3)nc3ccccc32)cc1. The third kappa shape index (κ3) is 2.94. The van der Waals surface area contributed by atoms with E-state index in [1.54, 1.807) is 0 Å². The van der Waals surface area contributed by atoms with Crippen molar-refractivity contribution in [1.29, 1.82) is 0 Å². The zero-order valence-corrected chi connectivity index (χ0v) is 16.7. The second-order valence-electron chi connectivity index (χ2n) is 6.65. The van der Waals surface area contributed by atoms with Gasteiger partial charge in [0.05, 0.1) is 11.0 Å². The summed E-state index contributed by atoms with van der Waals surface area (Å²) < 4.78 is 3.30. The molecule has 0 amide bonds. The van der Waals surface area contributed by atoms with E-state index in [9.17, 15) is 0 Å². The van der Waals surface area contributed by atoms with Gasteiger partial charge in [-0.05, 0) is 47.5 Å². The predicted molar refractivity (Wildman–Crippen MR) is 120 cm³/mol. The monoisotopic (exact) mass is 424 g/mol. The van der Waals surface area contributed by atoms with E-state index in [2.05, 4.69) is 111 Å². The molecular formula is C25H17BrN2. The van der Waals surface area contributed by atoms with E-state index in [0.717, 1.165) is 32.6 Å². The summed E-state index contributed by atoms with van der Waals surface area (Å²) in [7, 11) is 0. The topological polar surface area (TPSA) is 17.8 Å². The fourth-order valence-corrected chi connectivity index (χ4v) is 3.87. The maximum Gasteiger partial charge on any atom is 0.146 e. The number of rotatable bonds is 3. The molecule has 5 aromatic rings. The van der Waals surface area contributed by atoms with E-state index in [-0.39, 0.29) is 0 Å². The molecule has 4 aromatic carbocycles. The van der Waals surface area contributed by atoms with E-state index < -0.39 is 0 Å². The number of halogens is 1. The van der Waals surface area contributed by atoms with Gasteiger partial charge in [0.15, 0.2) is 0 Å². The molecule has 3 heteroatoms. The Balaban J connectivity index is 1.82. The molecule has 0 unspecified atom stereocenters. The number of benzene rings is 4. The lowest BCUT2D eigenvalue weighted by molar-refractivity contribution is 1.10. The molecule has 134 valence electrons. The molecule has 0 saturated carbocycles. The van der Waals surface area contributed by atoms with Gasteiger partial charge in [-0.1, -0.05) is 82.7 Å². The van der Waals surface area contributed by atoms with E-state index in [4.69, 9.17) is 4.98 Å². The van der Waals surface area contributed by atoms with Crippen molar-refractivity contribution >= 4 is 27.0 Å². The molecule has 0 N–H and O–H groups in total. The van der Waals surface area contributed by atoms with Crippen LogP contribution in [0.1, 0.15) is 0 Å². The molecule has 0 fully saturated rings. The van der Waals surface area contributed by atoms with Crippen molar-refractivity contribution in [3.8, 4) is 28.2 Å². The maximum atomic E-state index is 5.02. The lowest BCUT2D eigenvalue weighted by Crippen LogP contribution is -1.98. The highest BCUT2D eigenvalue weighted by Gasteiger charge is 2.17. The molecule has 2 nitrogen and oxygen atoms in total. The van der Waals surface area contributed by atoms with Crippen molar-refractivity contribution in [2.24, 2.45) is 0 Å². The zero-order valence-electron chi connectivity index (χ0n) is 15.1. The van der Waals surface area contributed by atoms with Crippen LogP contribution < -0.4 is 0 Å². The zero-order chi connectivity index (χ0) is 18.9. The summed E-state index contributed by atoms with van der Waals surface area (Å²) in [4.78, 5) is 5.02. The van der Waals surface area contributed by atoms with Gasteiger partial charge >= 0.3 is 0 Å². The van der Waals surface area contributed by atoms with Crippen molar-refractivity contribution in [2.45, 2.75) is 0 Å². The lowest BCUT2D eigenvalue weighted by atomic mass is 9.99. The summed E-state index contributed by atoms with van der Waals surface area (Å²) in [6.45, 7) is 0. The summed E-state index contributed by atoms with van der Waals surface area (Å²) in [6.07, 6.45) is 0. The average molecular weight is 425 g/mol. The number of fused-ring (bicyclic) bond motifs is 1. The van der Waals surface area contributed by atoms with Crippen molar-refractivity contribution in [2.75, 3.05) is 0 Å². The Bertz CT molecular complexity index is 1250. The first kappa shape index (κ1) is 17.0. The first-order valence-corrected chi connectivity index (χ1v) is 9.99. The minimum atomic E-state index is 0.947. The Morgan fingerprint density at radius 2 is 1.25 bits per heavy atom. The fraction of sp³-hybridized carbons (Fsp3) is 0. The summed E-state index contributed by atoms with van der Waals surface area (Å²) in [5, 5.41) is 0. The molecule has 28 heavy (non-hydrogen) atoms. The molecule has 0 atom stereocenters. The van der Waals surface area contributed by atoms with Gasteiger partial charge in [-0.15, -0.1) is 0 Å². The average Bonchev–Trinajstić information content (AvgIpc) is 3.14. The number of nitrogens with zero attached hydrogens (tertiary/aromatic N) is 2. The molecule has 0 aliphatic rings. The largest absolute Gasteiger partial charge is 0.292 e. The van der Waals surface area contributed by atoms with Gasteiger partial charge in [0.25, 0.3) is 0 Å². The summed E-state index contributed by atoms with van der Waals surface area (Å²) >= 11 is 3.54. The number of aromatic nitrogens is 2. The molecule has 1 heterocycles. The maximum absolute atomic E-state index is 5.02. The molecular weight excluding hydrogens is 408 g/mol. The highest BCUT2D eigenvalue weighted by Crippen LogP contribution is 2.35. The van der Waals surface area contributed by atoms with Crippen LogP contribution in [0.3, 0.4) is 0 Å². The molecule has 0 aliphatic carbocycles. The van der Waals surface area contributed by atoms with Crippen LogP contribution in [0.15, 0.2) is 108 Å². The molecule has 0 saturated heterocycles. The normalized spacial score (nSPS) is 11.0. The van der Waals surface area contributed by atoms with Crippen LogP contribution >= 0.6 is 15.9 Å². The summed E-state index contributed by atoms with van der Waals surface area (Å²) in [6, 6.07) is 35.6. The van der Waals surface area contributed by atoms with Gasteiger partial charge in [-0.25, -0.2) is 4.98 Å². The second-order valence-corrected chi connectivity index (χ2v) is 7.56. The fourth-order valence-electron chi connectivity index (χ4n) is 3.61. The number of hydrogen-bond acceptors (Lipinski definition) is 1. The second kappa shape index (κ2) is 7.10. The van der Waals surface area contributed by atoms with Gasteiger partial charge in [0.2, 0.25) is 0 Å². The minimum absolute atomic E-state index is 0.947. The van der Waals surface area contributed by atoms with Gasteiger partial charge in [0, 0.05) is 15.7 Å². The van der Waals surface area contributed by atoms with Gasteiger partial charge in [-0.3, -0.25) is 4.57 Å². The van der Waals surface area contributed by atoms with Crippen LogP contribution in [-0.2, 0) is 0 Å². The highest BCUT2D eigenvalue weighted by molar-refractivity contribution is 9.10. The Morgan fingerprint density at radius 1 is 0.607 bits per heavy atom. The molecule has 0 bridgehead atoms. The number of para-hydroxylation sites is 2. The quantitative estimate of drug-likeness (QED) is 0.301. The van der Waals surface area contributed by atoms with Crippen LogP contribution in [0.2, 0.25) is 0 Å². The number of hydrogen-bond donors (Lipinski definition) is 0. The standard InChI is InChI=1S/C25H17BrN2/c26-19-14-16-20(17-15-19)28-24-13-7-6-12-23(24)27-25(28)22-11-5-4-10-21(22)18-8-2-1-3-9-18/h1-17H. The first-order valence-electron chi connectivity index (χ1n) is 9.19. The van der Waals surface area contributed by atoms with Crippen LogP contribution in [-0.4, -0.2) is 9.55 Å². The van der Waals surface area contributed by atoms with E-state index >= 15 is 0 Å². The minimum Gasteiger partial charge on any atom is -0.292 e. The first-order chi connectivity index (χ1) is 13.8. The van der Waals surface area contributed by atoms with Gasteiger partial charge in [-0.2, -0.15) is 0 Å². The lowest BCUT2D eigenvalue weighted by Gasteiger charge is -2.13. The number of imidazole rings is 1. The van der Waals surface area contributed by atoms with Crippen molar-refractivity contribution < 1.29 is 0 Å². The Morgan fingerprint density at radius 3 is 2.04 bits per heavy atom. The summed E-state index contributed by atoms with van der Waals surface area (Å²) in [5.41, 5.74) is 6.66. The molecule has 0 aliphatic heterocycles. The van der Waals surface area contributed by atoms with Crippen LogP contribution in [0.5, 0.6) is 0 Å². The van der Waals surface area contributed by atoms with Crippen molar-refractivity contribution in [1.82, 2.24) is 9.55 Å². The van der Waals surface area contributed by atoms with Crippen molar-refractivity contribution in [3.63, 3.8) is 0 Å². The van der Waals surface area contributed by atoms with E-state index in [0.29, 0.717) is 0 Å². The highest BCUT2D eigenvalue weighted by atomic mass is 79.9. The smallest absolute Gasteiger partial charge is 0.146 e. The van der Waals surface area contributed by atoms with Crippen molar-refractivity contribution in [3.05, 3.63) is 108 Å². The molecule has 5 rings (SSSR count). The van der Waals surface area contributed by atoms with E-state index in [1.807, 2.05) is 12.1 Å². The van der Waals surface area contributed by atoms with Crippen LogP contribution in [0, 0.1) is 0 Å². The predicted octanol–water partition coefficient (Wildman–Crippen LogP) is 7.12. The Kier molecular flexibility index (Phi) is 4.30. The third-order valence-corrected chi connectivity index (χ3v) is 5.43. The molecule has 1 aromatic heterocycles. The summed E-state index contributed by atoms with van der Waals surface area (Å²) in [5.74, 6) is 0.947. The molecule has 0 spiro atoms. The van der Waals surface area contributed by atoms with Gasteiger partial charge < -0.3 is 0 Å². The van der Waals surface area contributed by atoms with Crippen LogP contribution in [0.25, 0.3) is 39.2 Å². The Labute approximate surface area is 172 Å². The Hall–Kier alpha value is -3.17. The van der Waals surface area contributed by atoms with Gasteiger partial charge in [0.1, 0.15) is 5.82 Å². The third-order valence-electron chi connectivity index (χ3n) is 4.90. The van der Waals surface area contributed by atoms with E-state index in [1.165, 1.54) is 11.1 Å².